The maximum Gasteiger partial charge on any atom is 0.156 e. The first kappa shape index (κ1) is 13.9. The molecule has 1 aromatic rings. The third-order valence-corrected chi connectivity index (χ3v) is 2.36. The van der Waals surface area contributed by atoms with Gasteiger partial charge >= 0.3 is 0 Å². The molecule has 0 aliphatic heterocycles. The van der Waals surface area contributed by atoms with E-state index >= 15 is 0 Å². The summed E-state index contributed by atoms with van der Waals surface area (Å²) in [7, 11) is 0. The molecular formula is C11H16ClN3O2. The molecule has 0 unspecified atom stereocenters. The zero-order valence-corrected chi connectivity index (χ0v) is 10.5. The zero-order valence-electron chi connectivity index (χ0n) is 9.78. The van der Waals surface area contributed by atoms with Crippen molar-refractivity contribution in [3.8, 4) is 0 Å². The summed E-state index contributed by atoms with van der Waals surface area (Å²) in [6, 6.07) is 0. The molecule has 0 aromatic carbocycles. The van der Waals surface area contributed by atoms with Crippen LogP contribution in [0.25, 0.3) is 0 Å². The molecule has 1 heterocycles. The van der Waals surface area contributed by atoms with Crippen LogP contribution in [0.5, 0.6) is 0 Å². The molecule has 0 saturated carbocycles. The number of carbonyl (C=O) groups is 1. The number of aromatic nitrogens is 2. The molecule has 1 rings (SSSR count). The standard InChI is InChI=1S/C11H16ClN3O2/c1-2-5-17-6-3-4-13-11-9(7-16)10(12)14-8-15-11/h7-8H,2-6H2,1H3,(H,13,14,15). The van der Waals surface area contributed by atoms with Gasteiger partial charge in [-0.25, -0.2) is 9.97 Å². The van der Waals surface area contributed by atoms with Gasteiger partial charge in [0.15, 0.2) is 6.29 Å². The van der Waals surface area contributed by atoms with Gasteiger partial charge in [0.05, 0.1) is 5.56 Å². The minimum Gasteiger partial charge on any atom is -0.381 e. The fraction of sp³-hybridized carbons (Fsp3) is 0.545. The Labute approximate surface area is 106 Å². The third kappa shape index (κ3) is 4.66. The van der Waals surface area contributed by atoms with E-state index in [2.05, 4.69) is 22.2 Å². The molecule has 1 N–H and O–H groups in total. The van der Waals surface area contributed by atoms with Crippen molar-refractivity contribution in [1.29, 1.82) is 0 Å². The molecule has 0 aliphatic carbocycles. The Morgan fingerprint density at radius 3 is 3.00 bits per heavy atom. The summed E-state index contributed by atoms with van der Waals surface area (Å²) in [4.78, 5) is 18.5. The van der Waals surface area contributed by atoms with Crippen molar-refractivity contribution in [3.63, 3.8) is 0 Å². The van der Waals surface area contributed by atoms with Gasteiger partial charge in [0.25, 0.3) is 0 Å². The highest BCUT2D eigenvalue weighted by Crippen LogP contribution is 2.16. The zero-order chi connectivity index (χ0) is 12.5. The molecule has 0 spiro atoms. The molecule has 5 nitrogen and oxygen atoms in total. The quantitative estimate of drug-likeness (QED) is 0.439. The summed E-state index contributed by atoms with van der Waals surface area (Å²) in [5.74, 6) is 0.468. The second-order valence-corrected chi connectivity index (χ2v) is 3.80. The lowest BCUT2D eigenvalue weighted by atomic mass is 10.3. The fourth-order valence-electron chi connectivity index (χ4n) is 1.25. The lowest BCUT2D eigenvalue weighted by Crippen LogP contribution is -2.09. The summed E-state index contributed by atoms with van der Waals surface area (Å²) in [6.45, 7) is 4.21. The highest BCUT2D eigenvalue weighted by Gasteiger charge is 2.07. The molecule has 0 radical (unpaired) electrons. The van der Waals surface area contributed by atoms with E-state index in [-0.39, 0.29) is 5.15 Å². The maximum absolute atomic E-state index is 10.8. The number of anilines is 1. The van der Waals surface area contributed by atoms with E-state index in [9.17, 15) is 4.79 Å². The van der Waals surface area contributed by atoms with Crippen LogP contribution in [-0.4, -0.2) is 36.0 Å². The van der Waals surface area contributed by atoms with Gasteiger partial charge in [-0.2, -0.15) is 0 Å². The first-order chi connectivity index (χ1) is 8.29. The highest BCUT2D eigenvalue weighted by molar-refractivity contribution is 6.32. The van der Waals surface area contributed by atoms with E-state index in [1.807, 2.05) is 0 Å². The molecule has 17 heavy (non-hydrogen) atoms. The minimum absolute atomic E-state index is 0.166. The molecule has 94 valence electrons. The molecule has 0 saturated heterocycles. The average Bonchev–Trinajstić information content (AvgIpc) is 2.34. The molecular weight excluding hydrogens is 242 g/mol. The molecule has 0 amide bonds. The maximum atomic E-state index is 10.8. The molecule has 0 aliphatic rings. The van der Waals surface area contributed by atoms with Gasteiger partial charge in [-0.1, -0.05) is 18.5 Å². The van der Waals surface area contributed by atoms with Crippen molar-refractivity contribution in [2.75, 3.05) is 25.1 Å². The van der Waals surface area contributed by atoms with Crippen LogP contribution < -0.4 is 5.32 Å². The van der Waals surface area contributed by atoms with Crippen LogP contribution in [0, 0.1) is 0 Å². The highest BCUT2D eigenvalue weighted by atomic mass is 35.5. The van der Waals surface area contributed by atoms with Crippen LogP contribution in [0.2, 0.25) is 5.15 Å². The van der Waals surface area contributed by atoms with E-state index < -0.39 is 0 Å². The van der Waals surface area contributed by atoms with E-state index in [1.165, 1.54) is 6.33 Å². The number of ether oxygens (including phenoxy) is 1. The number of carbonyl (C=O) groups excluding carboxylic acids is 1. The average molecular weight is 258 g/mol. The molecule has 0 bridgehead atoms. The minimum atomic E-state index is 0.166. The second kappa shape index (κ2) is 7.97. The fourth-order valence-corrected chi connectivity index (χ4v) is 1.42. The van der Waals surface area contributed by atoms with E-state index in [0.29, 0.717) is 30.8 Å². The van der Waals surface area contributed by atoms with Crippen molar-refractivity contribution in [1.82, 2.24) is 9.97 Å². The van der Waals surface area contributed by atoms with Crippen LogP contribution in [0.1, 0.15) is 30.1 Å². The Hall–Kier alpha value is -1.20. The van der Waals surface area contributed by atoms with Crippen LogP contribution in [0.15, 0.2) is 6.33 Å². The summed E-state index contributed by atoms with van der Waals surface area (Å²) in [5.41, 5.74) is 0.295. The first-order valence-corrected chi connectivity index (χ1v) is 5.94. The Bertz CT molecular complexity index is 361. The summed E-state index contributed by atoms with van der Waals surface area (Å²) in [6.07, 6.45) is 3.84. The Morgan fingerprint density at radius 2 is 2.29 bits per heavy atom. The summed E-state index contributed by atoms with van der Waals surface area (Å²) in [5, 5.41) is 3.20. The van der Waals surface area contributed by atoms with Crippen LogP contribution >= 0.6 is 11.6 Å². The van der Waals surface area contributed by atoms with Crippen molar-refractivity contribution < 1.29 is 9.53 Å². The topological polar surface area (TPSA) is 64.1 Å². The van der Waals surface area contributed by atoms with Gasteiger partial charge in [-0.05, 0) is 12.8 Å². The Kier molecular flexibility index (Phi) is 6.50. The van der Waals surface area contributed by atoms with Crippen molar-refractivity contribution in [3.05, 3.63) is 17.0 Å². The largest absolute Gasteiger partial charge is 0.381 e. The van der Waals surface area contributed by atoms with E-state index in [0.717, 1.165) is 19.4 Å². The first-order valence-electron chi connectivity index (χ1n) is 5.56. The lowest BCUT2D eigenvalue weighted by molar-refractivity contribution is 0.112. The number of halogens is 1. The van der Waals surface area contributed by atoms with Gasteiger partial charge in [-0.3, -0.25) is 4.79 Å². The van der Waals surface area contributed by atoms with E-state index in [4.69, 9.17) is 16.3 Å². The van der Waals surface area contributed by atoms with Gasteiger partial charge < -0.3 is 10.1 Å². The number of nitrogens with one attached hydrogen (secondary N) is 1. The molecule has 0 fully saturated rings. The predicted octanol–water partition coefficient (Wildman–Crippen LogP) is 2.17. The normalized spacial score (nSPS) is 10.2. The van der Waals surface area contributed by atoms with Crippen molar-refractivity contribution in [2.45, 2.75) is 19.8 Å². The van der Waals surface area contributed by atoms with Crippen molar-refractivity contribution in [2.24, 2.45) is 0 Å². The SMILES string of the molecule is CCCOCCCNc1ncnc(Cl)c1C=O. The molecule has 0 atom stereocenters. The van der Waals surface area contributed by atoms with Crippen molar-refractivity contribution >= 4 is 23.7 Å². The van der Waals surface area contributed by atoms with Gasteiger partial charge in [0, 0.05) is 19.8 Å². The number of rotatable bonds is 8. The second-order valence-electron chi connectivity index (χ2n) is 3.44. The molecule has 1 aromatic heterocycles. The smallest absolute Gasteiger partial charge is 0.156 e. The van der Waals surface area contributed by atoms with Crippen LogP contribution in [0.4, 0.5) is 5.82 Å². The summed E-state index contributed by atoms with van der Waals surface area (Å²) >= 11 is 5.76. The van der Waals surface area contributed by atoms with Crippen LogP contribution in [-0.2, 0) is 4.74 Å². The van der Waals surface area contributed by atoms with E-state index in [1.54, 1.807) is 0 Å². The monoisotopic (exact) mass is 257 g/mol. The number of hydrogen-bond acceptors (Lipinski definition) is 5. The Morgan fingerprint density at radius 1 is 1.47 bits per heavy atom. The molecule has 6 heteroatoms. The predicted molar refractivity (Wildman–Crippen MR) is 66.6 cm³/mol. The van der Waals surface area contributed by atoms with Gasteiger partial charge in [0.2, 0.25) is 0 Å². The summed E-state index contributed by atoms with van der Waals surface area (Å²) < 4.78 is 5.33. The third-order valence-electron chi connectivity index (χ3n) is 2.06. The van der Waals surface area contributed by atoms with Gasteiger partial charge in [0.1, 0.15) is 17.3 Å². The Balaban J connectivity index is 2.36. The number of aldehydes is 1. The van der Waals surface area contributed by atoms with Gasteiger partial charge in [-0.15, -0.1) is 0 Å². The van der Waals surface area contributed by atoms with Crippen LogP contribution in [0.3, 0.4) is 0 Å². The lowest BCUT2D eigenvalue weighted by Gasteiger charge is -2.08. The number of hydrogen-bond donors (Lipinski definition) is 1. The number of nitrogens with zero attached hydrogens (tertiary/aromatic N) is 2.